The normalized spacial score (nSPS) is 12.0. The maximum absolute atomic E-state index is 5.57. The monoisotopic (exact) mass is 795 g/mol. The van der Waals surface area contributed by atoms with Crippen molar-refractivity contribution in [2.75, 3.05) is 0 Å². The van der Waals surface area contributed by atoms with Gasteiger partial charge in [-0.25, -0.2) is 4.98 Å². The third-order valence-corrected chi connectivity index (χ3v) is 14.7. The molecule has 0 spiro atoms. The molecule has 0 saturated carbocycles. The zero-order valence-corrected chi connectivity index (χ0v) is 33.9. The summed E-state index contributed by atoms with van der Waals surface area (Å²) in [6.07, 6.45) is 0. The van der Waals surface area contributed by atoms with Crippen molar-refractivity contribution in [3.05, 3.63) is 200 Å². The van der Waals surface area contributed by atoms with Gasteiger partial charge in [0, 0.05) is 62.1 Å². The van der Waals surface area contributed by atoms with Gasteiger partial charge in [0.2, 0.25) is 0 Å². The summed E-state index contributed by atoms with van der Waals surface area (Å²) in [7, 11) is 0. The predicted octanol–water partition coefficient (Wildman–Crippen LogP) is 17.1. The molecule has 13 aromatic rings. The minimum absolute atomic E-state index is 0.996. The van der Waals surface area contributed by atoms with Crippen LogP contribution in [0.15, 0.2) is 200 Å². The van der Waals surface area contributed by atoms with Gasteiger partial charge in [-0.2, -0.15) is 0 Å². The van der Waals surface area contributed by atoms with Gasteiger partial charge in [0.1, 0.15) is 0 Å². The fourth-order valence-corrected chi connectivity index (χ4v) is 12.0. The van der Waals surface area contributed by atoms with E-state index in [1.165, 1.54) is 106 Å². The van der Waals surface area contributed by atoms with Gasteiger partial charge in [-0.15, -0.1) is 22.7 Å². The van der Waals surface area contributed by atoms with E-state index in [4.69, 9.17) is 4.98 Å². The third-order valence-electron chi connectivity index (χ3n) is 12.4. The van der Waals surface area contributed by atoms with Gasteiger partial charge in [0.05, 0.1) is 11.2 Å². The van der Waals surface area contributed by atoms with Crippen LogP contribution < -0.4 is 0 Å². The first kappa shape index (κ1) is 33.8. The molecular weight excluding hydrogens is 763 g/mol. The molecular formula is C57H33NS2. The van der Waals surface area contributed by atoms with Gasteiger partial charge in [-0.1, -0.05) is 164 Å². The number of pyridine rings is 1. The standard InChI is InChI=1S/C57H33NS2/c1-2-13-34(14-3-1)57-47-29-30-51-56(46-22-9-11-24-50(46)59-51)55(47)45-28-26-38(32-48(45)58-57)54-44-21-7-5-18-40(44)39-17-4-6-20-43(39)53(54)37-16-12-15-35(31-37)36-25-27-42-41-19-8-10-23-49(41)60-52(42)33-36/h1-33H. The van der Waals surface area contributed by atoms with Gasteiger partial charge in [-0.3, -0.25) is 0 Å². The van der Waals surface area contributed by atoms with E-state index in [-0.39, 0.29) is 0 Å². The molecule has 0 radical (unpaired) electrons. The number of rotatable bonds is 4. The fraction of sp³-hybridized carbons (Fsp3) is 0. The summed E-state index contributed by atoms with van der Waals surface area (Å²) in [5.74, 6) is 0. The molecule has 0 amide bonds. The van der Waals surface area contributed by atoms with Gasteiger partial charge in [0.15, 0.2) is 0 Å². The smallest absolute Gasteiger partial charge is 0.0788 e. The van der Waals surface area contributed by atoms with Crippen LogP contribution in [0.1, 0.15) is 0 Å². The van der Waals surface area contributed by atoms with Gasteiger partial charge >= 0.3 is 0 Å². The molecule has 0 aliphatic rings. The number of thiophene rings is 2. The number of benzene rings is 10. The molecule has 3 heterocycles. The van der Waals surface area contributed by atoms with Crippen molar-refractivity contribution < 1.29 is 0 Å². The highest BCUT2D eigenvalue weighted by Gasteiger charge is 2.21. The number of fused-ring (bicyclic) bond motifs is 13. The SMILES string of the molecule is c1ccc(-c2nc3cc(-c4c(-c5cccc(-c6ccc7c(c6)sc6ccccc67)c5)c5ccccc5c5ccccc45)ccc3c3c2ccc2sc4ccccc4c23)cc1. The average molecular weight is 796 g/mol. The Hall–Kier alpha value is -7.17. The van der Waals surface area contributed by atoms with E-state index in [1.807, 2.05) is 22.7 Å². The van der Waals surface area contributed by atoms with E-state index < -0.39 is 0 Å². The fourth-order valence-electron chi connectivity index (χ4n) is 9.78. The molecule has 1 nitrogen and oxygen atoms in total. The van der Waals surface area contributed by atoms with Crippen LogP contribution in [0.2, 0.25) is 0 Å². The van der Waals surface area contributed by atoms with Crippen molar-refractivity contribution in [1.29, 1.82) is 0 Å². The molecule has 0 saturated heterocycles. The van der Waals surface area contributed by atoms with E-state index in [1.54, 1.807) is 0 Å². The molecule has 0 fully saturated rings. The molecule has 0 aliphatic carbocycles. The number of hydrogen-bond acceptors (Lipinski definition) is 3. The van der Waals surface area contributed by atoms with Crippen LogP contribution in [-0.4, -0.2) is 4.98 Å². The highest BCUT2D eigenvalue weighted by molar-refractivity contribution is 7.26. The Morgan fingerprint density at radius 2 is 0.783 bits per heavy atom. The minimum atomic E-state index is 0.996. The second-order valence-corrected chi connectivity index (χ2v) is 17.9. The number of aromatic nitrogens is 1. The summed E-state index contributed by atoms with van der Waals surface area (Å²) in [6, 6.07) is 73.9. The first-order valence-corrected chi connectivity index (χ1v) is 22.1. The first-order valence-electron chi connectivity index (χ1n) is 20.4. The maximum Gasteiger partial charge on any atom is 0.0788 e. The molecule has 10 aromatic carbocycles. The van der Waals surface area contributed by atoms with Crippen LogP contribution >= 0.6 is 22.7 Å². The summed E-state index contributed by atoms with van der Waals surface area (Å²) in [5, 5.41) is 13.9. The molecule has 0 unspecified atom stereocenters. The minimum Gasteiger partial charge on any atom is -0.247 e. The molecule has 3 aromatic heterocycles. The summed E-state index contributed by atoms with van der Waals surface area (Å²) >= 11 is 3.74. The molecule has 3 heteroatoms. The molecule has 0 bridgehead atoms. The molecule has 13 rings (SSSR count). The Balaban J connectivity index is 1.10. The zero-order valence-electron chi connectivity index (χ0n) is 32.3. The lowest BCUT2D eigenvalue weighted by atomic mass is 9.84. The van der Waals surface area contributed by atoms with Gasteiger partial charge in [-0.05, 0) is 91.3 Å². The zero-order chi connectivity index (χ0) is 39.3. The van der Waals surface area contributed by atoms with Crippen molar-refractivity contribution in [3.63, 3.8) is 0 Å². The Kier molecular flexibility index (Phi) is 7.41. The number of hydrogen-bond donors (Lipinski definition) is 0. The Labute approximate surface area is 354 Å². The lowest BCUT2D eigenvalue weighted by Gasteiger charge is -2.20. The summed E-state index contributed by atoms with van der Waals surface area (Å²) in [6.45, 7) is 0. The molecule has 278 valence electrons. The van der Waals surface area contributed by atoms with Gasteiger partial charge < -0.3 is 0 Å². The summed E-state index contributed by atoms with van der Waals surface area (Å²) < 4.78 is 5.25. The van der Waals surface area contributed by atoms with Crippen LogP contribution in [0.25, 0.3) is 128 Å². The molecule has 0 N–H and O–H groups in total. The van der Waals surface area contributed by atoms with E-state index >= 15 is 0 Å². The van der Waals surface area contributed by atoms with Gasteiger partial charge in [0.25, 0.3) is 0 Å². The summed E-state index contributed by atoms with van der Waals surface area (Å²) in [5.41, 5.74) is 10.4. The van der Waals surface area contributed by atoms with Crippen molar-refractivity contribution in [1.82, 2.24) is 4.98 Å². The second kappa shape index (κ2) is 13.2. The summed E-state index contributed by atoms with van der Waals surface area (Å²) in [4.78, 5) is 5.57. The Morgan fingerprint density at radius 3 is 1.55 bits per heavy atom. The maximum atomic E-state index is 5.57. The van der Waals surface area contributed by atoms with E-state index in [0.29, 0.717) is 0 Å². The topological polar surface area (TPSA) is 12.9 Å². The van der Waals surface area contributed by atoms with Crippen LogP contribution in [0.5, 0.6) is 0 Å². The molecule has 0 atom stereocenters. The van der Waals surface area contributed by atoms with Crippen molar-refractivity contribution >= 4 is 106 Å². The predicted molar refractivity (Wildman–Crippen MR) is 262 cm³/mol. The average Bonchev–Trinajstić information content (AvgIpc) is 3.89. The first-order chi connectivity index (χ1) is 29.7. The highest BCUT2D eigenvalue weighted by Crippen LogP contribution is 2.48. The lowest BCUT2D eigenvalue weighted by molar-refractivity contribution is 1.43. The number of nitrogens with zero attached hydrogens (tertiary/aromatic N) is 1. The van der Waals surface area contributed by atoms with E-state index in [0.717, 1.165) is 22.3 Å². The molecule has 60 heavy (non-hydrogen) atoms. The van der Waals surface area contributed by atoms with Crippen molar-refractivity contribution in [2.24, 2.45) is 0 Å². The van der Waals surface area contributed by atoms with Crippen LogP contribution in [-0.2, 0) is 0 Å². The van der Waals surface area contributed by atoms with Crippen molar-refractivity contribution in [3.8, 4) is 44.6 Å². The van der Waals surface area contributed by atoms with E-state index in [9.17, 15) is 0 Å². The Bertz CT molecular complexity index is 3890. The lowest BCUT2D eigenvalue weighted by Crippen LogP contribution is -1.94. The quantitative estimate of drug-likeness (QED) is 0.162. The van der Waals surface area contributed by atoms with Crippen LogP contribution in [0, 0.1) is 0 Å². The largest absolute Gasteiger partial charge is 0.247 e. The van der Waals surface area contributed by atoms with E-state index in [2.05, 4.69) is 200 Å². The second-order valence-electron chi connectivity index (χ2n) is 15.7. The highest BCUT2D eigenvalue weighted by atomic mass is 32.1. The Morgan fingerprint density at radius 1 is 0.267 bits per heavy atom. The van der Waals surface area contributed by atoms with Crippen LogP contribution in [0.4, 0.5) is 0 Å². The van der Waals surface area contributed by atoms with Crippen LogP contribution in [0.3, 0.4) is 0 Å². The third kappa shape index (κ3) is 5.07. The molecule has 0 aliphatic heterocycles. The van der Waals surface area contributed by atoms with Crippen molar-refractivity contribution in [2.45, 2.75) is 0 Å².